The molecule has 0 aliphatic carbocycles. The number of rotatable bonds is 4. The van der Waals surface area contributed by atoms with Crippen molar-refractivity contribution in [2.24, 2.45) is 0 Å². The van der Waals surface area contributed by atoms with Crippen LogP contribution in [0.25, 0.3) is 65.8 Å². The van der Waals surface area contributed by atoms with Gasteiger partial charge in [-0.3, -0.25) is 9.59 Å². The number of benzene rings is 3. The zero-order valence-electron chi connectivity index (χ0n) is 28.7. The SMILES string of the molecule is COc1c2ccoc2cc2oc(C)cc(=O)c12.COc1c2occc2c(OC)c2c(=O)cc(C)oc12.COc1c2occc2cc2ccc(=O)oc12. The fourth-order valence-corrected chi connectivity index (χ4v) is 6.12. The van der Waals surface area contributed by atoms with Crippen LogP contribution in [0.4, 0.5) is 0 Å². The topological polar surface area (TPSA) is 167 Å². The smallest absolute Gasteiger partial charge is 0.336 e. The van der Waals surface area contributed by atoms with E-state index in [1.54, 1.807) is 50.6 Å². The minimum Gasteiger partial charge on any atom is -0.495 e. The molecule has 0 saturated heterocycles. The lowest BCUT2D eigenvalue weighted by Gasteiger charge is -2.10. The molecule has 0 fully saturated rings. The maximum absolute atomic E-state index is 12.2. The molecule has 3 aromatic carbocycles. The standard InChI is InChI=1S/C14H12O5.C13H10O4.C12H8O4/c1-7-6-9(15)10-11(16-2)8-4-5-18-12(8)14(17-3)13(10)19-7;1-7-5-9(14)12-11(17-7)6-10-8(3-4-16-10)13(12)15-2;1-14-12-10-8(4-5-15-10)6-7-2-3-9(13)16-11(7)12/h4-6H,1-3H3;3-6H,1-2H3;2-6H,1H3. The summed E-state index contributed by atoms with van der Waals surface area (Å²) >= 11 is 0. The van der Waals surface area contributed by atoms with Crippen molar-refractivity contribution in [1.82, 2.24) is 0 Å². The molecular weight excluding hydrogens is 676 g/mol. The fourth-order valence-electron chi connectivity index (χ4n) is 6.12. The number of hydrogen-bond donors (Lipinski definition) is 0. The molecule has 52 heavy (non-hydrogen) atoms. The van der Waals surface area contributed by atoms with E-state index in [4.69, 9.17) is 45.5 Å². The summed E-state index contributed by atoms with van der Waals surface area (Å²) in [6.07, 6.45) is 4.65. The highest BCUT2D eigenvalue weighted by atomic mass is 16.5. The normalized spacial score (nSPS) is 11.1. The molecule has 0 aliphatic rings. The van der Waals surface area contributed by atoms with Gasteiger partial charge in [-0.25, -0.2) is 4.79 Å². The molecule has 0 N–H and O–H groups in total. The summed E-state index contributed by atoms with van der Waals surface area (Å²) in [7, 11) is 6.06. The summed E-state index contributed by atoms with van der Waals surface area (Å²) in [4.78, 5) is 35.3. The Labute approximate surface area is 292 Å². The molecule has 0 saturated carbocycles. The zero-order chi connectivity index (χ0) is 36.7. The van der Waals surface area contributed by atoms with Crippen LogP contribution in [-0.4, -0.2) is 28.4 Å². The van der Waals surface area contributed by atoms with Crippen molar-refractivity contribution in [3.05, 3.63) is 116 Å². The Hall–Kier alpha value is -6.89. The monoisotopic (exact) mass is 706 g/mol. The van der Waals surface area contributed by atoms with E-state index in [0.717, 1.165) is 16.2 Å². The second kappa shape index (κ2) is 13.4. The van der Waals surface area contributed by atoms with Crippen molar-refractivity contribution >= 4 is 65.8 Å². The lowest BCUT2D eigenvalue weighted by atomic mass is 10.1. The predicted octanol–water partition coefficient (Wildman–Crippen LogP) is 8.27. The molecule has 9 rings (SSSR count). The van der Waals surface area contributed by atoms with Crippen molar-refractivity contribution in [2.75, 3.05) is 28.4 Å². The van der Waals surface area contributed by atoms with Crippen molar-refractivity contribution in [3.63, 3.8) is 0 Å². The van der Waals surface area contributed by atoms with Crippen LogP contribution in [0.1, 0.15) is 11.5 Å². The first-order chi connectivity index (χ1) is 25.2. The molecule has 264 valence electrons. The summed E-state index contributed by atoms with van der Waals surface area (Å²) < 4.78 is 53.5. The predicted molar refractivity (Wildman–Crippen MR) is 192 cm³/mol. The van der Waals surface area contributed by atoms with Crippen LogP contribution in [0, 0.1) is 13.8 Å². The van der Waals surface area contributed by atoms with Crippen LogP contribution >= 0.6 is 0 Å². The largest absolute Gasteiger partial charge is 0.495 e. The Morgan fingerprint density at radius 1 is 0.462 bits per heavy atom. The third kappa shape index (κ3) is 5.67. The first-order valence-electron chi connectivity index (χ1n) is 15.7. The van der Waals surface area contributed by atoms with Gasteiger partial charge in [0.2, 0.25) is 11.5 Å². The summed E-state index contributed by atoms with van der Waals surface area (Å²) in [6, 6.07) is 14.9. The number of fused-ring (bicyclic) bond motifs is 6. The third-order valence-corrected chi connectivity index (χ3v) is 8.25. The molecule has 13 nitrogen and oxygen atoms in total. The number of methoxy groups -OCH3 is 4. The lowest BCUT2D eigenvalue weighted by Crippen LogP contribution is -2.04. The highest BCUT2D eigenvalue weighted by Gasteiger charge is 2.22. The van der Waals surface area contributed by atoms with Crippen LogP contribution < -0.4 is 35.4 Å². The number of ether oxygens (including phenoxy) is 4. The molecule has 0 aliphatic heterocycles. The molecule has 13 heteroatoms. The number of aryl methyl sites for hydroxylation is 2. The summed E-state index contributed by atoms with van der Waals surface area (Å²) in [5.74, 6) is 2.86. The van der Waals surface area contributed by atoms with Gasteiger partial charge < -0.3 is 45.5 Å². The minimum atomic E-state index is -0.406. The maximum atomic E-state index is 12.2. The third-order valence-electron chi connectivity index (χ3n) is 8.25. The van der Waals surface area contributed by atoms with E-state index in [1.807, 2.05) is 12.1 Å². The van der Waals surface area contributed by atoms with E-state index in [1.165, 1.54) is 52.9 Å². The Balaban J connectivity index is 0.000000122. The molecule has 0 spiro atoms. The Morgan fingerprint density at radius 2 is 1.04 bits per heavy atom. The first kappa shape index (κ1) is 33.6. The van der Waals surface area contributed by atoms with Gasteiger partial charge in [-0.15, -0.1) is 0 Å². The van der Waals surface area contributed by atoms with Crippen LogP contribution in [-0.2, 0) is 0 Å². The van der Waals surface area contributed by atoms with Crippen LogP contribution in [0.3, 0.4) is 0 Å². The molecular formula is C39H30O13. The van der Waals surface area contributed by atoms with Gasteiger partial charge in [0.05, 0.1) is 58.0 Å². The van der Waals surface area contributed by atoms with E-state index in [-0.39, 0.29) is 10.9 Å². The lowest BCUT2D eigenvalue weighted by molar-refractivity contribution is 0.398. The van der Waals surface area contributed by atoms with Crippen molar-refractivity contribution in [1.29, 1.82) is 0 Å². The van der Waals surface area contributed by atoms with E-state index in [9.17, 15) is 14.4 Å². The molecule has 0 radical (unpaired) electrons. The summed E-state index contributed by atoms with van der Waals surface area (Å²) in [5.41, 5.74) is 2.28. The highest BCUT2D eigenvalue weighted by Crippen LogP contribution is 2.42. The minimum absolute atomic E-state index is 0.108. The first-order valence-corrected chi connectivity index (χ1v) is 15.7. The Kier molecular flexibility index (Phi) is 8.68. The number of hydrogen-bond acceptors (Lipinski definition) is 13. The molecule has 0 atom stereocenters. The van der Waals surface area contributed by atoms with E-state index >= 15 is 0 Å². The highest BCUT2D eigenvalue weighted by molar-refractivity contribution is 6.07. The van der Waals surface area contributed by atoms with Crippen molar-refractivity contribution in [3.8, 4) is 23.0 Å². The fraction of sp³-hybridized carbons (Fsp3) is 0.154. The van der Waals surface area contributed by atoms with Crippen LogP contribution in [0.5, 0.6) is 23.0 Å². The molecule has 6 heterocycles. The van der Waals surface area contributed by atoms with Gasteiger partial charge in [0.25, 0.3) is 0 Å². The summed E-state index contributed by atoms with van der Waals surface area (Å²) in [5, 5.41) is 3.99. The number of furan rings is 3. The average molecular weight is 707 g/mol. The molecule has 0 bridgehead atoms. The van der Waals surface area contributed by atoms with Gasteiger partial charge >= 0.3 is 5.63 Å². The Bertz CT molecular complexity index is 2950. The van der Waals surface area contributed by atoms with Crippen molar-refractivity contribution in [2.45, 2.75) is 13.8 Å². The molecule has 9 aromatic rings. The van der Waals surface area contributed by atoms with Crippen LogP contribution in [0.2, 0.25) is 0 Å². The van der Waals surface area contributed by atoms with E-state index in [2.05, 4.69) is 0 Å². The Morgan fingerprint density at radius 3 is 1.77 bits per heavy atom. The second-order valence-electron chi connectivity index (χ2n) is 11.4. The summed E-state index contributed by atoms with van der Waals surface area (Å²) in [6.45, 7) is 3.44. The van der Waals surface area contributed by atoms with Gasteiger partial charge in [0, 0.05) is 35.0 Å². The maximum Gasteiger partial charge on any atom is 0.336 e. The average Bonchev–Trinajstić information content (AvgIpc) is 3.91. The van der Waals surface area contributed by atoms with Gasteiger partial charge in [0.15, 0.2) is 33.2 Å². The van der Waals surface area contributed by atoms with E-state index < -0.39 is 5.63 Å². The quantitative estimate of drug-likeness (QED) is 0.161. The van der Waals surface area contributed by atoms with Gasteiger partial charge in [-0.1, -0.05) is 0 Å². The van der Waals surface area contributed by atoms with Gasteiger partial charge in [-0.2, -0.15) is 0 Å². The second-order valence-corrected chi connectivity index (χ2v) is 11.4. The van der Waals surface area contributed by atoms with Crippen LogP contribution in [0.15, 0.2) is 114 Å². The van der Waals surface area contributed by atoms with E-state index in [0.29, 0.717) is 84.2 Å². The molecule has 6 aromatic heterocycles. The van der Waals surface area contributed by atoms with Gasteiger partial charge in [0.1, 0.15) is 45.0 Å². The zero-order valence-corrected chi connectivity index (χ0v) is 28.7. The molecule has 0 amide bonds. The van der Waals surface area contributed by atoms with Gasteiger partial charge in [-0.05, 0) is 44.2 Å². The molecule has 0 unspecified atom stereocenters. The van der Waals surface area contributed by atoms with Crippen molar-refractivity contribution < 1.29 is 45.5 Å².